The molecular formula is C21H27F3N4. The van der Waals surface area contributed by atoms with Gasteiger partial charge in [0.15, 0.2) is 0 Å². The van der Waals surface area contributed by atoms with E-state index in [1.807, 2.05) is 0 Å². The van der Waals surface area contributed by atoms with E-state index in [4.69, 9.17) is 5.73 Å². The Hall–Kier alpha value is -2.57. The van der Waals surface area contributed by atoms with Gasteiger partial charge in [-0.25, -0.2) is 4.99 Å². The van der Waals surface area contributed by atoms with Crippen molar-refractivity contribution >= 4 is 17.1 Å². The molecule has 1 saturated carbocycles. The quantitative estimate of drug-likeness (QED) is 0.641. The molecule has 0 amide bonds. The molecule has 0 heterocycles. The standard InChI is InChI=1S/C21H27F3N4/c1-13(26-15(3)28-18-10-20(4,5)11-18)19(12-25)14(2)27-17-8-6-7-16(9-17)21(22,23)24/h6-9,12,18,28H,3,10-11,25H2,1-2,4-5H3. The maximum absolute atomic E-state index is 12.9. The van der Waals surface area contributed by atoms with Gasteiger partial charge in [-0.3, -0.25) is 4.99 Å². The number of rotatable bonds is 6. The van der Waals surface area contributed by atoms with Crippen molar-refractivity contribution in [3.8, 4) is 0 Å². The highest BCUT2D eigenvalue weighted by atomic mass is 19.4. The Morgan fingerprint density at radius 1 is 1.25 bits per heavy atom. The van der Waals surface area contributed by atoms with Crippen LogP contribution in [0.3, 0.4) is 0 Å². The summed E-state index contributed by atoms with van der Waals surface area (Å²) in [6.07, 6.45) is -0.958. The molecule has 0 aliphatic heterocycles. The fourth-order valence-corrected chi connectivity index (χ4v) is 3.42. The first kappa shape index (κ1) is 21.7. The molecule has 28 heavy (non-hydrogen) atoms. The first-order chi connectivity index (χ1) is 12.9. The number of nitrogens with one attached hydrogen (secondary N) is 1. The maximum atomic E-state index is 12.9. The van der Waals surface area contributed by atoms with E-state index in [1.54, 1.807) is 13.8 Å². The van der Waals surface area contributed by atoms with Gasteiger partial charge in [-0.1, -0.05) is 26.5 Å². The van der Waals surface area contributed by atoms with Crippen molar-refractivity contribution in [2.24, 2.45) is 21.1 Å². The van der Waals surface area contributed by atoms with E-state index in [0.29, 0.717) is 34.3 Å². The van der Waals surface area contributed by atoms with E-state index < -0.39 is 11.7 Å². The first-order valence-corrected chi connectivity index (χ1v) is 9.07. The number of benzene rings is 1. The highest BCUT2D eigenvalue weighted by Crippen LogP contribution is 2.40. The molecule has 4 nitrogen and oxygen atoms in total. The van der Waals surface area contributed by atoms with Crippen LogP contribution in [0.15, 0.2) is 58.4 Å². The van der Waals surface area contributed by atoms with Crippen molar-refractivity contribution in [3.05, 3.63) is 54.0 Å². The normalized spacial score (nSPS) is 18.6. The molecule has 0 unspecified atom stereocenters. The van der Waals surface area contributed by atoms with Gasteiger partial charge in [0, 0.05) is 23.5 Å². The number of hydrogen-bond donors (Lipinski definition) is 2. The molecule has 0 spiro atoms. The fraction of sp³-hybridized carbons (Fsp3) is 0.429. The Morgan fingerprint density at radius 3 is 2.43 bits per heavy atom. The zero-order chi connectivity index (χ0) is 21.1. The van der Waals surface area contributed by atoms with Crippen LogP contribution >= 0.6 is 0 Å². The molecular weight excluding hydrogens is 365 g/mol. The lowest BCUT2D eigenvalue weighted by atomic mass is 9.68. The van der Waals surface area contributed by atoms with Gasteiger partial charge in [-0.15, -0.1) is 0 Å². The van der Waals surface area contributed by atoms with Gasteiger partial charge in [0.25, 0.3) is 0 Å². The molecule has 2 rings (SSSR count). The summed E-state index contributed by atoms with van der Waals surface area (Å²) in [6.45, 7) is 11.8. The Balaban J connectivity index is 2.13. The monoisotopic (exact) mass is 392 g/mol. The van der Waals surface area contributed by atoms with E-state index in [-0.39, 0.29) is 5.69 Å². The van der Waals surface area contributed by atoms with Crippen molar-refractivity contribution in [1.29, 1.82) is 0 Å². The van der Waals surface area contributed by atoms with Crippen molar-refractivity contribution in [3.63, 3.8) is 0 Å². The summed E-state index contributed by atoms with van der Waals surface area (Å²) in [7, 11) is 0. The third-order valence-corrected chi connectivity index (χ3v) is 4.69. The highest BCUT2D eigenvalue weighted by Gasteiger charge is 2.36. The molecule has 3 N–H and O–H groups in total. The zero-order valence-electron chi connectivity index (χ0n) is 16.7. The Bertz CT molecular complexity index is 824. The van der Waals surface area contributed by atoms with Gasteiger partial charge >= 0.3 is 6.18 Å². The molecule has 0 bridgehead atoms. The summed E-state index contributed by atoms with van der Waals surface area (Å²) in [5, 5.41) is 3.28. The van der Waals surface area contributed by atoms with Crippen molar-refractivity contribution in [2.75, 3.05) is 0 Å². The van der Waals surface area contributed by atoms with E-state index >= 15 is 0 Å². The summed E-state index contributed by atoms with van der Waals surface area (Å²) in [5.74, 6) is 0.532. The smallest absolute Gasteiger partial charge is 0.404 e. The van der Waals surface area contributed by atoms with Gasteiger partial charge < -0.3 is 11.1 Å². The molecule has 1 aliphatic rings. The van der Waals surface area contributed by atoms with Gasteiger partial charge in [0.05, 0.1) is 17.0 Å². The predicted octanol–water partition coefficient (Wildman–Crippen LogP) is 5.35. The molecule has 0 radical (unpaired) electrons. The molecule has 0 saturated heterocycles. The third kappa shape index (κ3) is 5.71. The molecule has 1 aliphatic carbocycles. The Kier molecular flexibility index (Phi) is 6.37. The summed E-state index contributed by atoms with van der Waals surface area (Å²) in [5.41, 5.74) is 7.13. The Labute approximate surface area is 164 Å². The van der Waals surface area contributed by atoms with Crippen LogP contribution in [0.5, 0.6) is 0 Å². The number of hydrogen-bond acceptors (Lipinski definition) is 4. The number of nitrogens with two attached hydrogens (primary N) is 1. The highest BCUT2D eigenvalue weighted by molar-refractivity contribution is 6.23. The topological polar surface area (TPSA) is 62.8 Å². The van der Waals surface area contributed by atoms with Crippen LogP contribution in [0, 0.1) is 5.41 Å². The van der Waals surface area contributed by atoms with E-state index in [1.165, 1.54) is 18.3 Å². The largest absolute Gasteiger partial charge is 0.416 e. The van der Waals surface area contributed by atoms with Crippen molar-refractivity contribution in [2.45, 2.75) is 52.8 Å². The first-order valence-electron chi connectivity index (χ1n) is 9.07. The number of alkyl halides is 3. The summed E-state index contributed by atoms with van der Waals surface area (Å²) < 4.78 is 38.6. The van der Waals surface area contributed by atoms with Crippen LogP contribution < -0.4 is 11.1 Å². The third-order valence-electron chi connectivity index (χ3n) is 4.69. The van der Waals surface area contributed by atoms with E-state index in [2.05, 4.69) is 35.7 Å². The lowest BCUT2D eigenvalue weighted by Crippen LogP contribution is -2.45. The molecule has 152 valence electrons. The van der Waals surface area contributed by atoms with Crippen LogP contribution in [0.25, 0.3) is 0 Å². The van der Waals surface area contributed by atoms with Gasteiger partial charge in [0.1, 0.15) is 5.82 Å². The maximum Gasteiger partial charge on any atom is 0.416 e. The minimum Gasteiger partial charge on any atom is -0.404 e. The Morgan fingerprint density at radius 2 is 1.89 bits per heavy atom. The predicted molar refractivity (Wildman–Crippen MR) is 109 cm³/mol. The van der Waals surface area contributed by atoms with Gasteiger partial charge in [-0.2, -0.15) is 13.2 Å². The lowest BCUT2D eigenvalue weighted by Gasteiger charge is -2.43. The van der Waals surface area contributed by atoms with E-state index in [0.717, 1.165) is 25.0 Å². The van der Waals surface area contributed by atoms with Crippen molar-refractivity contribution < 1.29 is 13.2 Å². The van der Waals surface area contributed by atoms with Crippen molar-refractivity contribution in [1.82, 2.24) is 5.32 Å². The molecule has 0 atom stereocenters. The molecule has 1 aromatic carbocycles. The number of aliphatic imine (C=N–C) groups is 2. The number of allylic oxidation sites excluding steroid dienone is 1. The minimum atomic E-state index is -4.41. The van der Waals surface area contributed by atoms with E-state index in [9.17, 15) is 13.2 Å². The average molecular weight is 392 g/mol. The van der Waals surface area contributed by atoms with Crippen LogP contribution in [-0.4, -0.2) is 17.5 Å². The molecule has 0 aromatic heterocycles. The van der Waals surface area contributed by atoms with Crippen LogP contribution in [0.2, 0.25) is 0 Å². The lowest BCUT2D eigenvalue weighted by molar-refractivity contribution is -0.137. The number of nitrogens with zero attached hydrogens (tertiary/aromatic N) is 2. The second-order valence-electron chi connectivity index (χ2n) is 7.88. The van der Waals surface area contributed by atoms with Gasteiger partial charge in [0.2, 0.25) is 0 Å². The fourth-order valence-electron chi connectivity index (χ4n) is 3.42. The SMILES string of the molecule is C=C(N=C(C)C(=CN)C(C)=Nc1cccc(C(F)(F)F)c1)NC1CC(C)(C)C1. The second kappa shape index (κ2) is 8.20. The van der Waals surface area contributed by atoms with Crippen LogP contribution in [0.1, 0.15) is 46.1 Å². The molecule has 1 aromatic rings. The second-order valence-corrected chi connectivity index (χ2v) is 7.88. The van der Waals surface area contributed by atoms with Gasteiger partial charge in [-0.05, 0) is 50.3 Å². The summed E-state index contributed by atoms with van der Waals surface area (Å²) >= 11 is 0. The van der Waals surface area contributed by atoms with Crippen LogP contribution in [0.4, 0.5) is 18.9 Å². The minimum absolute atomic E-state index is 0.202. The average Bonchev–Trinajstić information content (AvgIpc) is 2.53. The summed E-state index contributed by atoms with van der Waals surface area (Å²) in [4.78, 5) is 8.72. The molecule has 7 heteroatoms. The number of halogens is 3. The van der Waals surface area contributed by atoms with Crippen LogP contribution in [-0.2, 0) is 6.18 Å². The summed E-state index contributed by atoms with van der Waals surface area (Å²) in [6, 6.07) is 5.21. The molecule has 1 fully saturated rings. The zero-order valence-corrected chi connectivity index (χ0v) is 16.7.